The average Bonchev–Trinajstić information content (AvgIpc) is 2.83. The van der Waals surface area contributed by atoms with Crippen LogP contribution in [-0.4, -0.2) is 27.1 Å². The number of hydrogen-bond acceptors (Lipinski definition) is 4. The highest BCUT2D eigenvalue weighted by Crippen LogP contribution is 2.66. The summed E-state index contributed by atoms with van der Waals surface area (Å²) in [5.41, 5.74) is -0.0984. The monoisotopic (exact) mass is 283 g/mol. The van der Waals surface area contributed by atoms with Gasteiger partial charge in [0.05, 0.1) is 11.0 Å². The lowest BCUT2D eigenvalue weighted by atomic mass is 9.70. The minimum atomic E-state index is -0.177. The minimum absolute atomic E-state index is 0.0101. The molecule has 0 saturated heterocycles. The summed E-state index contributed by atoms with van der Waals surface area (Å²) >= 11 is 3.01. The number of aliphatic imine (C=N–C) groups is 1. The fourth-order valence-electron chi connectivity index (χ4n) is 3.60. The van der Waals surface area contributed by atoms with Crippen molar-refractivity contribution in [1.82, 2.24) is 0 Å². The number of rotatable bonds is 1. The van der Waals surface area contributed by atoms with E-state index in [1.807, 2.05) is 0 Å². The Hall–Kier alpha value is -0.290. The van der Waals surface area contributed by atoms with E-state index in [0.717, 1.165) is 17.2 Å². The maximum atomic E-state index is 12.6. The third-order valence-corrected chi connectivity index (χ3v) is 7.70. The molecule has 0 aromatic rings. The van der Waals surface area contributed by atoms with E-state index < -0.39 is 0 Å². The third kappa shape index (κ3) is 1.49. The van der Waals surface area contributed by atoms with Gasteiger partial charge in [0.1, 0.15) is 4.38 Å². The quantitative estimate of drug-likeness (QED) is 0.742. The van der Waals surface area contributed by atoms with Crippen molar-refractivity contribution < 1.29 is 9.59 Å². The van der Waals surface area contributed by atoms with Crippen molar-refractivity contribution in [1.29, 1.82) is 0 Å². The first-order valence-electron chi connectivity index (χ1n) is 6.31. The van der Waals surface area contributed by atoms with Crippen LogP contribution in [0.3, 0.4) is 0 Å². The Kier molecular flexibility index (Phi) is 2.73. The molecule has 3 unspecified atom stereocenters. The van der Waals surface area contributed by atoms with Gasteiger partial charge in [-0.1, -0.05) is 44.3 Å². The molecule has 0 spiro atoms. The number of hydrogen-bond donors (Lipinski definition) is 0. The summed E-state index contributed by atoms with van der Waals surface area (Å²) in [6.07, 6.45) is 2.14. The molecule has 3 nitrogen and oxygen atoms in total. The average molecular weight is 283 g/mol. The summed E-state index contributed by atoms with van der Waals surface area (Å²) in [7, 11) is 0. The second-order valence-corrected chi connectivity index (χ2v) is 8.51. The second kappa shape index (κ2) is 3.85. The molecule has 1 amide bonds. The zero-order valence-corrected chi connectivity index (χ0v) is 12.5. The molecule has 3 atom stereocenters. The van der Waals surface area contributed by atoms with Crippen LogP contribution in [-0.2, 0) is 9.59 Å². The van der Waals surface area contributed by atoms with E-state index in [0.29, 0.717) is 17.5 Å². The summed E-state index contributed by atoms with van der Waals surface area (Å²) < 4.78 is 0.797. The summed E-state index contributed by atoms with van der Waals surface area (Å²) in [5.74, 6) is 1.17. The van der Waals surface area contributed by atoms with E-state index in [9.17, 15) is 9.59 Å². The summed E-state index contributed by atoms with van der Waals surface area (Å²) in [6.45, 7) is 6.56. The predicted molar refractivity (Wildman–Crippen MR) is 75.9 cm³/mol. The van der Waals surface area contributed by atoms with Crippen LogP contribution in [0, 0.1) is 16.7 Å². The van der Waals surface area contributed by atoms with Crippen LogP contribution in [0.2, 0.25) is 0 Å². The van der Waals surface area contributed by atoms with Crippen LogP contribution >= 0.6 is 23.5 Å². The molecule has 0 N–H and O–H groups in total. The van der Waals surface area contributed by atoms with Crippen molar-refractivity contribution >= 4 is 39.6 Å². The maximum Gasteiger partial charge on any atom is 0.257 e. The number of carbonyl (C=O) groups excluding carboxylic acids is 2. The van der Waals surface area contributed by atoms with E-state index in [-0.39, 0.29) is 22.0 Å². The number of nitrogens with zero attached hydrogens (tertiary/aromatic N) is 1. The summed E-state index contributed by atoms with van der Waals surface area (Å²) in [6, 6.07) is 0. The fraction of sp³-hybridized carbons (Fsp3) is 0.769. The van der Waals surface area contributed by atoms with E-state index in [1.165, 1.54) is 23.5 Å². The number of thioether (sulfide) groups is 2. The van der Waals surface area contributed by atoms with Gasteiger partial charge in [-0.3, -0.25) is 9.59 Å². The van der Waals surface area contributed by atoms with E-state index in [1.54, 1.807) is 0 Å². The lowest BCUT2D eigenvalue weighted by Gasteiger charge is -2.32. The molecular formula is C13H17NO2S2. The lowest BCUT2D eigenvalue weighted by molar-refractivity contribution is -0.127. The molecule has 18 heavy (non-hydrogen) atoms. The highest BCUT2D eigenvalue weighted by atomic mass is 32.2. The standard InChI is InChI=1S/C13H17NO2S2/c1-12(2)7-4-5-13(12,3)10(16)9(7)18-11-14-8(15)6-17-11/h7,9H,4-6H2,1-3H3. The Bertz CT molecular complexity index is 472. The van der Waals surface area contributed by atoms with Crippen molar-refractivity contribution in [3.8, 4) is 0 Å². The number of amides is 1. The number of fused-ring (bicyclic) bond motifs is 2. The van der Waals surface area contributed by atoms with E-state index in [2.05, 4.69) is 25.8 Å². The normalized spacial score (nSPS) is 41.6. The van der Waals surface area contributed by atoms with Crippen molar-refractivity contribution in [2.45, 2.75) is 38.9 Å². The van der Waals surface area contributed by atoms with Gasteiger partial charge < -0.3 is 0 Å². The van der Waals surface area contributed by atoms with Crippen LogP contribution in [0.15, 0.2) is 4.99 Å². The van der Waals surface area contributed by atoms with Gasteiger partial charge in [-0.2, -0.15) is 4.99 Å². The molecule has 1 aliphatic heterocycles. The Morgan fingerprint density at radius 2 is 2.06 bits per heavy atom. The first kappa shape index (κ1) is 12.7. The lowest BCUT2D eigenvalue weighted by Crippen LogP contribution is -2.34. The molecule has 5 heteroatoms. The largest absolute Gasteiger partial charge is 0.298 e. The Labute approximate surface area is 116 Å². The molecule has 2 aliphatic carbocycles. The molecule has 0 radical (unpaired) electrons. The topological polar surface area (TPSA) is 46.5 Å². The Morgan fingerprint density at radius 3 is 2.56 bits per heavy atom. The Balaban J connectivity index is 1.86. The zero-order valence-electron chi connectivity index (χ0n) is 10.9. The van der Waals surface area contributed by atoms with Gasteiger partial charge in [0.25, 0.3) is 5.91 Å². The van der Waals surface area contributed by atoms with Gasteiger partial charge in [0.15, 0.2) is 5.78 Å². The van der Waals surface area contributed by atoms with Gasteiger partial charge in [-0.15, -0.1) is 0 Å². The molecule has 3 rings (SSSR count). The molecule has 1 heterocycles. The van der Waals surface area contributed by atoms with E-state index in [4.69, 9.17) is 0 Å². The minimum Gasteiger partial charge on any atom is -0.298 e. The highest BCUT2D eigenvalue weighted by molar-refractivity contribution is 8.39. The molecule has 2 bridgehead atoms. The molecule has 0 aromatic heterocycles. The van der Waals surface area contributed by atoms with Gasteiger partial charge in [-0.25, -0.2) is 0 Å². The van der Waals surface area contributed by atoms with Gasteiger partial charge >= 0.3 is 0 Å². The Morgan fingerprint density at radius 1 is 1.33 bits per heavy atom. The third-order valence-electron chi connectivity index (χ3n) is 5.24. The van der Waals surface area contributed by atoms with Gasteiger partial charge in [0, 0.05) is 5.41 Å². The van der Waals surface area contributed by atoms with Crippen LogP contribution in [0.4, 0.5) is 0 Å². The molecule has 2 fully saturated rings. The SMILES string of the molecule is CC12CCC(C(SC3=NC(=O)CS3)C1=O)C2(C)C. The summed E-state index contributed by atoms with van der Waals surface area (Å²) in [5, 5.41) is 0.0101. The van der Waals surface area contributed by atoms with E-state index >= 15 is 0 Å². The number of ketones is 1. The van der Waals surface area contributed by atoms with Crippen molar-refractivity contribution in [2.24, 2.45) is 21.7 Å². The molecule has 2 saturated carbocycles. The van der Waals surface area contributed by atoms with Crippen LogP contribution in [0.25, 0.3) is 0 Å². The molecule has 98 valence electrons. The molecule has 0 aromatic carbocycles. The number of carbonyl (C=O) groups is 2. The van der Waals surface area contributed by atoms with Gasteiger partial charge in [0.2, 0.25) is 0 Å². The zero-order chi connectivity index (χ0) is 13.1. The van der Waals surface area contributed by atoms with Crippen LogP contribution in [0.5, 0.6) is 0 Å². The number of Topliss-reactive ketones (excluding diaryl/α,β-unsaturated/α-hetero) is 1. The smallest absolute Gasteiger partial charge is 0.257 e. The van der Waals surface area contributed by atoms with Crippen LogP contribution in [0.1, 0.15) is 33.6 Å². The maximum absolute atomic E-state index is 12.6. The molecular weight excluding hydrogens is 266 g/mol. The first-order valence-corrected chi connectivity index (χ1v) is 8.18. The van der Waals surface area contributed by atoms with Crippen molar-refractivity contribution in [3.05, 3.63) is 0 Å². The second-order valence-electron chi connectivity index (χ2n) is 6.16. The van der Waals surface area contributed by atoms with Crippen molar-refractivity contribution in [2.75, 3.05) is 5.75 Å². The molecule has 3 aliphatic rings. The fourth-order valence-corrected chi connectivity index (χ4v) is 6.22. The highest BCUT2D eigenvalue weighted by Gasteiger charge is 2.66. The van der Waals surface area contributed by atoms with Crippen molar-refractivity contribution in [3.63, 3.8) is 0 Å². The first-order chi connectivity index (χ1) is 8.36. The predicted octanol–water partition coefficient (Wildman–Crippen LogP) is 2.74. The summed E-state index contributed by atoms with van der Waals surface area (Å²) in [4.78, 5) is 27.7. The van der Waals surface area contributed by atoms with Gasteiger partial charge in [-0.05, 0) is 24.2 Å². The van der Waals surface area contributed by atoms with Crippen LogP contribution < -0.4 is 0 Å².